The predicted octanol–water partition coefficient (Wildman–Crippen LogP) is 0.0352. The lowest BCUT2D eigenvalue weighted by Gasteiger charge is -2.05. The third-order valence-electron chi connectivity index (χ3n) is 1.68. The van der Waals surface area contributed by atoms with Crippen LogP contribution in [-0.2, 0) is 0 Å². The van der Waals surface area contributed by atoms with Gasteiger partial charge < -0.3 is 11.1 Å². The van der Waals surface area contributed by atoms with Crippen molar-refractivity contribution in [3.8, 4) is 0 Å². The Morgan fingerprint density at radius 2 is 2.44 bits per heavy atom. The molecule has 3 N–H and O–H groups in total. The van der Waals surface area contributed by atoms with Gasteiger partial charge in [0.15, 0.2) is 0 Å². The van der Waals surface area contributed by atoms with Crippen LogP contribution in [0.15, 0.2) is 0 Å². The highest BCUT2D eigenvalue weighted by atomic mass is 19.1. The lowest BCUT2D eigenvalue weighted by Crippen LogP contribution is -2.24. The van der Waals surface area contributed by atoms with Crippen molar-refractivity contribution in [1.29, 1.82) is 0 Å². The van der Waals surface area contributed by atoms with Crippen molar-refractivity contribution >= 4 is 0 Å². The Kier molecular flexibility index (Phi) is 2.42. The normalized spacial score (nSPS) is 35.3. The summed E-state index contributed by atoms with van der Waals surface area (Å²) in [6, 6.07) is 0.338. The Hall–Kier alpha value is -0.150. The van der Waals surface area contributed by atoms with Crippen LogP contribution in [0.1, 0.15) is 12.8 Å². The predicted molar refractivity (Wildman–Crippen MR) is 35.0 cm³/mol. The monoisotopic (exact) mass is 132 g/mol. The molecule has 9 heavy (non-hydrogen) atoms. The van der Waals surface area contributed by atoms with Gasteiger partial charge in [-0.2, -0.15) is 0 Å². The summed E-state index contributed by atoms with van der Waals surface area (Å²) in [6.45, 7) is 1.18. The number of hydrogen-bond donors (Lipinski definition) is 2. The molecule has 1 aliphatic rings. The van der Waals surface area contributed by atoms with Crippen LogP contribution in [0.5, 0.6) is 0 Å². The Morgan fingerprint density at radius 3 is 2.89 bits per heavy atom. The second-order valence-electron chi connectivity index (χ2n) is 2.52. The number of hydrogen-bond acceptors (Lipinski definition) is 2. The van der Waals surface area contributed by atoms with Crippen molar-refractivity contribution in [1.82, 2.24) is 5.32 Å². The van der Waals surface area contributed by atoms with Gasteiger partial charge in [0.2, 0.25) is 0 Å². The van der Waals surface area contributed by atoms with Gasteiger partial charge in [0.05, 0.1) is 0 Å². The topological polar surface area (TPSA) is 38.0 Å². The number of rotatable bonds is 2. The van der Waals surface area contributed by atoms with Gasteiger partial charge in [0.25, 0.3) is 0 Å². The molecule has 0 bridgehead atoms. The maximum absolute atomic E-state index is 12.4. The largest absolute Gasteiger partial charge is 0.330 e. The third-order valence-corrected chi connectivity index (χ3v) is 1.68. The number of nitrogens with one attached hydrogen (secondary N) is 1. The van der Waals surface area contributed by atoms with E-state index in [9.17, 15) is 4.39 Å². The maximum Gasteiger partial charge on any atom is 0.114 e. The minimum atomic E-state index is -0.637. The SMILES string of the molecule is NCC[C@@H]1C[C@@H](F)CN1. The van der Waals surface area contributed by atoms with Crippen LogP contribution in [0.3, 0.4) is 0 Å². The van der Waals surface area contributed by atoms with E-state index in [1.54, 1.807) is 0 Å². The summed E-state index contributed by atoms with van der Waals surface area (Å²) in [5, 5.41) is 3.05. The molecule has 0 aromatic heterocycles. The van der Waals surface area contributed by atoms with Crippen molar-refractivity contribution in [2.45, 2.75) is 25.1 Å². The van der Waals surface area contributed by atoms with Crippen LogP contribution < -0.4 is 11.1 Å². The van der Waals surface area contributed by atoms with E-state index in [2.05, 4.69) is 5.32 Å². The van der Waals surface area contributed by atoms with Gasteiger partial charge >= 0.3 is 0 Å². The molecular formula is C6H13FN2. The van der Waals surface area contributed by atoms with Gasteiger partial charge in [0.1, 0.15) is 6.17 Å². The molecule has 0 spiro atoms. The lowest BCUT2D eigenvalue weighted by atomic mass is 10.1. The highest BCUT2D eigenvalue weighted by molar-refractivity contribution is 4.80. The Labute approximate surface area is 54.6 Å². The van der Waals surface area contributed by atoms with Gasteiger partial charge in [-0.05, 0) is 19.4 Å². The van der Waals surface area contributed by atoms with E-state index in [1.807, 2.05) is 0 Å². The molecule has 1 heterocycles. The summed E-state index contributed by atoms with van der Waals surface area (Å²) in [5.41, 5.74) is 5.29. The van der Waals surface area contributed by atoms with Crippen molar-refractivity contribution in [2.75, 3.05) is 13.1 Å². The van der Waals surface area contributed by atoms with E-state index in [0.29, 0.717) is 25.6 Å². The van der Waals surface area contributed by atoms with Crippen LogP contribution in [-0.4, -0.2) is 25.3 Å². The summed E-state index contributed by atoms with van der Waals surface area (Å²) >= 11 is 0. The Morgan fingerprint density at radius 1 is 1.67 bits per heavy atom. The van der Waals surface area contributed by atoms with Crippen LogP contribution in [0.25, 0.3) is 0 Å². The zero-order valence-electron chi connectivity index (χ0n) is 5.44. The minimum Gasteiger partial charge on any atom is -0.330 e. The molecule has 0 radical (unpaired) electrons. The second-order valence-corrected chi connectivity index (χ2v) is 2.52. The highest BCUT2D eigenvalue weighted by Crippen LogP contribution is 2.11. The average molecular weight is 132 g/mol. The molecule has 1 saturated heterocycles. The summed E-state index contributed by atoms with van der Waals surface area (Å²) < 4.78 is 12.4. The van der Waals surface area contributed by atoms with Crippen molar-refractivity contribution < 1.29 is 4.39 Å². The standard InChI is InChI=1S/C6H13FN2/c7-5-3-6(1-2-8)9-4-5/h5-6,9H,1-4,8H2/t5-,6-/m1/s1. The summed E-state index contributed by atoms with van der Waals surface area (Å²) in [7, 11) is 0. The molecule has 3 heteroatoms. The average Bonchev–Trinajstić information content (AvgIpc) is 2.17. The highest BCUT2D eigenvalue weighted by Gasteiger charge is 2.21. The minimum absolute atomic E-state index is 0.338. The van der Waals surface area contributed by atoms with Gasteiger partial charge in [-0.25, -0.2) is 4.39 Å². The molecule has 0 amide bonds. The van der Waals surface area contributed by atoms with Crippen LogP contribution in [0, 0.1) is 0 Å². The zero-order valence-corrected chi connectivity index (χ0v) is 5.44. The first kappa shape index (κ1) is 6.96. The van der Waals surface area contributed by atoms with E-state index < -0.39 is 6.17 Å². The van der Waals surface area contributed by atoms with Crippen LogP contribution in [0.4, 0.5) is 4.39 Å². The smallest absolute Gasteiger partial charge is 0.114 e. The Bertz CT molecular complexity index is 85.1. The van der Waals surface area contributed by atoms with E-state index in [-0.39, 0.29) is 0 Å². The zero-order chi connectivity index (χ0) is 6.69. The van der Waals surface area contributed by atoms with Crippen LogP contribution >= 0.6 is 0 Å². The van der Waals surface area contributed by atoms with Gasteiger partial charge in [-0.3, -0.25) is 0 Å². The molecule has 0 aromatic rings. The van der Waals surface area contributed by atoms with E-state index >= 15 is 0 Å². The van der Waals surface area contributed by atoms with Crippen LogP contribution in [0.2, 0.25) is 0 Å². The molecule has 0 aromatic carbocycles. The van der Waals surface area contributed by atoms with Crippen molar-refractivity contribution in [3.05, 3.63) is 0 Å². The van der Waals surface area contributed by atoms with E-state index in [0.717, 1.165) is 6.42 Å². The molecule has 1 fully saturated rings. The third kappa shape index (κ3) is 1.91. The first-order valence-electron chi connectivity index (χ1n) is 3.40. The van der Waals surface area contributed by atoms with Crippen molar-refractivity contribution in [3.63, 3.8) is 0 Å². The number of alkyl halides is 1. The van der Waals surface area contributed by atoms with Gasteiger partial charge in [-0.15, -0.1) is 0 Å². The fourth-order valence-electron chi connectivity index (χ4n) is 1.19. The Balaban J connectivity index is 2.14. The number of nitrogens with two attached hydrogens (primary N) is 1. The van der Waals surface area contributed by atoms with Gasteiger partial charge in [-0.1, -0.05) is 0 Å². The van der Waals surface area contributed by atoms with E-state index in [1.165, 1.54) is 0 Å². The van der Waals surface area contributed by atoms with Gasteiger partial charge in [0, 0.05) is 12.6 Å². The molecule has 0 unspecified atom stereocenters. The number of halogens is 1. The molecular weight excluding hydrogens is 119 g/mol. The summed E-state index contributed by atoms with van der Waals surface area (Å²) in [4.78, 5) is 0. The first-order chi connectivity index (χ1) is 4.33. The molecule has 0 saturated carbocycles. The summed E-state index contributed by atoms with van der Waals surface area (Å²) in [6.07, 6.45) is 0.916. The van der Waals surface area contributed by atoms with Crippen molar-refractivity contribution in [2.24, 2.45) is 5.73 Å². The summed E-state index contributed by atoms with van der Waals surface area (Å²) in [5.74, 6) is 0. The fourth-order valence-corrected chi connectivity index (χ4v) is 1.19. The fraction of sp³-hybridized carbons (Fsp3) is 1.00. The quantitative estimate of drug-likeness (QED) is 0.556. The van der Waals surface area contributed by atoms with E-state index in [4.69, 9.17) is 5.73 Å². The lowest BCUT2D eigenvalue weighted by molar-refractivity contribution is 0.354. The first-order valence-corrected chi connectivity index (χ1v) is 3.40. The molecule has 54 valence electrons. The molecule has 2 nitrogen and oxygen atoms in total. The molecule has 0 aliphatic carbocycles. The maximum atomic E-state index is 12.4. The molecule has 1 aliphatic heterocycles. The second kappa shape index (κ2) is 3.13. The molecule has 2 atom stereocenters. The molecule has 1 rings (SSSR count).